The third kappa shape index (κ3) is 4.25. The second kappa shape index (κ2) is 7.34. The van der Waals surface area contributed by atoms with Crippen molar-refractivity contribution in [2.75, 3.05) is 23.9 Å². The molecular weight excluding hydrogens is 275 g/mol. The van der Waals surface area contributed by atoms with Crippen molar-refractivity contribution in [2.24, 2.45) is 5.84 Å². The molecule has 0 spiro atoms. The molecule has 8 heteroatoms. The van der Waals surface area contributed by atoms with Gasteiger partial charge in [0.1, 0.15) is 5.82 Å². The maximum atomic E-state index is 13.5. The number of ether oxygens (including phenoxy) is 1. The average Bonchev–Trinajstić information content (AvgIpc) is 2.49. The number of halogens is 1. The van der Waals surface area contributed by atoms with Crippen molar-refractivity contribution in [1.29, 1.82) is 0 Å². The summed E-state index contributed by atoms with van der Waals surface area (Å²) >= 11 is 0. The second-order valence-corrected chi connectivity index (χ2v) is 4.11. The molecule has 7 nitrogen and oxygen atoms in total. The van der Waals surface area contributed by atoms with Gasteiger partial charge in [0, 0.05) is 6.54 Å². The van der Waals surface area contributed by atoms with Crippen LogP contribution in [-0.2, 0) is 6.42 Å². The van der Waals surface area contributed by atoms with Crippen molar-refractivity contribution in [3.05, 3.63) is 35.6 Å². The Morgan fingerprint density at radius 3 is 2.67 bits per heavy atom. The van der Waals surface area contributed by atoms with Gasteiger partial charge in [0.05, 0.1) is 6.61 Å². The summed E-state index contributed by atoms with van der Waals surface area (Å²) in [5, 5.41) is 2.99. The topological polar surface area (TPSA) is 98.0 Å². The van der Waals surface area contributed by atoms with Gasteiger partial charge in [-0.2, -0.15) is 15.0 Å². The SMILES string of the molecule is CCOc1nc(NN)nc(NCCc2ccccc2F)n1. The number of nitrogens with zero attached hydrogens (tertiary/aromatic N) is 3. The molecule has 1 aromatic carbocycles. The van der Waals surface area contributed by atoms with Crippen LogP contribution < -0.4 is 21.3 Å². The number of aromatic nitrogens is 3. The van der Waals surface area contributed by atoms with Crippen LogP contribution in [0.5, 0.6) is 6.01 Å². The van der Waals surface area contributed by atoms with Gasteiger partial charge in [0.2, 0.25) is 11.9 Å². The van der Waals surface area contributed by atoms with E-state index in [1.165, 1.54) is 6.07 Å². The van der Waals surface area contributed by atoms with Crippen molar-refractivity contribution in [3.63, 3.8) is 0 Å². The summed E-state index contributed by atoms with van der Waals surface area (Å²) in [7, 11) is 0. The highest BCUT2D eigenvalue weighted by molar-refractivity contribution is 5.35. The van der Waals surface area contributed by atoms with E-state index in [0.29, 0.717) is 31.1 Å². The van der Waals surface area contributed by atoms with Gasteiger partial charge in [0.15, 0.2) is 0 Å². The molecule has 2 rings (SSSR count). The molecular formula is C13H17FN6O. The molecule has 0 aliphatic rings. The van der Waals surface area contributed by atoms with Crippen LogP contribution in [0.15, 0.2) is 24.3 Å². The first kappa shape index (κ1) is 14.9. The van der Waals surface area contributed by atoms with Gasteiger partial charge in [-0.25, -0.2) is 10.2 Å². The molecule has 0 bridgehead atoms. The Labute approximate surface area is 121 Å². The van der Waals surface area contributed by atoms with E-state index in [0.717, 1.165) is 0 Å². The van der Waals surface area contributed by atoms with Gasteiger partial charge in [0.25, 0.3) is 0 Å². The number of rotatable bonds is 7. The first-order chi connectivity index (χ1) is 10.2. The Morgan fingerprint density at radius 2 is 1.95 bits per heavy atom. The smallest absolute Gasteiger partial charge is 0.323 e. The van der Waals surface area contributed by atoms with E-state index in [2.05, 4.69) is 25.7 Å². The van der Waals surface area contributed by atoms with Crippen molar-refractivity contribution in [1.82, 2.24) is 15.0 Å². The molecule has 112 valence electrons. The molecule has 0 saturated carbocycles. The van der Waals surface area contributed by atoms with Gasteiger partial charge in [-0.15, -0.1) is 0 Å². The minimum atomic E-state index is -0.228. The normalized spacial score (nSPS) is 10.2. The molecule has 1 heterocycles. The molecule has 1 aromatic heterocycles. The number of nitrogens with one attached hydrogen (secondary N) is 2. The summed E-state index contributed by atoms with van der Waals surface area (Å²) in [4.78, 5) is 12.1. The number of nitrogen functional groups attached to an aromatic ring is 1. The Bertz CT molecular complexity index is 595. The third-order valence-corrected chi connectivity index (χ3v) is 2.65. The highest BCUT2D eigenvalue weighted by atomic mass is 19.1. The number of hydrazine groups is 1. The Hall–Kier alpha value is -2.48. The van der Waals surface area contributed by atoms with E-state index >= 15 is 0 Å². The summed E-state index contributed by atoms with van der Waals surface area (Å²) in [6.45, 7) is 2.73. The molecule has 0 aliphatic carbocycles. The first-order valence-corrected chi connectivity index (χ1v) is 6.55. The van der Waals surface area contributed by atoms with Gasteiger partial charge in [-0.3, -0.25) is 5.43 Å². The number of hydrogen-bond acceptors (Lipinski definition) is 7. The summed E-state index contributed by atoms with van der Waals surface area (Å²) in [6.07, 6.45) is 0.508. The van der Waals surface area contributed by atoms with E-state index in [-0.39, 0.29) is 17.8 Å². The van der Waals surface area contributed by atoms with Crippen molar-refractivity contribution in [2.45, 2.75) is 13.3 Å². The van der Waals surface area contributed by atoms with Gasteiger partial charge < -0.3 is 10.1 Å². The van der Waals surface area contributed by atoms with Crippen LogP contribution in [0.4, 0.5) is 16.3 Å². The standard InChI is InChI=1S/C13H17FN6O/c1-2-21-13-18-11(17-12(19-13)20-15)16-8-7-9-5-3-4-6-10(9)14/h3-6H,2,7-8,15H2,1H3,(H2,16,17,18,19,20). The lowest BCUT2D eigenvalue weighted by Crippen LogP contribution is -2.15. The molecule has 0 saturated heterocycles. The third-order valence-electron chi connectivity index (χ3n) is 2.65. The van der Waals surface area contributed by atoms with E-state index in [1.54, 1.807) is 18.2 Å². The van der Waals surface area contributed by atoms with Gasteiger partial charge in [-0.1, -0.05) is 18.2 Å². The molecule has 2 aromatic rings. The zero-order valence-corrected chi connectivity index (χ0v) is 11.6. The fraction of sp³-hybridized carbons (Fsp3) is 0.308. The van der Waals surface area contributed by atoms with E-state index in [4.69, 9.17) is 10.6 Å². The second-order valence-electron chi connectivity index (χ2n) is 4.11. The monoisotopic (exact) mass is 292 g/mol. The molecule has 0 fully saturated rings. The zero-order valence-electron chi connectivity index (χ0n) is 11.6. The maximum absolute atomic E-state index is 13.5. The van der Waals surface area contributed by atoms with E-state index in [9.17, 15) is 4.39 Å². The highest BCUT2D eigenvalue weighted by Gasteiger charge is 2.07. The van der Waals surface area contributed by atoms with E-state index in [1.807, 2.05) is 6.92 Å². The molecule has 4 N–H and O–H groups in total. The van der Waals surface area contributed by atoms with Gasteiger partial charge >= 0.3 is 6.01 Å². The van der Waals surface area contributed by atoms with E-state index < -0.39 is 0 Å². The molecule has 0 amide bonds. The molecule has 0 aliphatic heterocycles. The Kier molecular flexibility index (Phi) is 5.22. The largest absolute Gasteiger partial charge is 0.464 e. The summed E-state index contributed by atoms with van der Waals surface area (Å²) in [6, 6.07) is 6.80. The minimum absolute atomic E-state index is 0.175. The number of hydrogen-bond donors (Lipinski definition) is 3. The Morgan fingerprint density at radius 1 is 1.19 bits per heavy atom. The van der Waals surface area contributed by atoms with Crippen LogP contribution in [-0.4, -0.2) is 28.1 Å². The zero-order chi connectivity index (χ0) is 15.1. The fourth-order valence-electron chi connectivity index (χ4n) is 1.70. The van der Waals surface area contributed by atoms with Crippen LogP contribution in [0.1, 0.15) is 12.5 Å². The van der Waals surface area contributed by atoms with Crippen LogP contribution in [0.25, 0.3) is 0 Å². The summed E-state index contributed by atoms with van der Waals surface area (Å²) in [5.41, 5.74) is 2.97. The summed E-state index contributed by atoms with van der Waals surface area (Å²) < 4.78 is 18.7. The van der Waals surface area contributed by atoms with Crippen LogP contribution >= 0.6 is 0 Å². The molecule has 0 unspecified atom stereocenters. The van der Waals surface area contributed by atoms with Crippen molar-refractivity contribution >= 4 is 11.9 Å². The maximum Gasteiger partial charge on any atom is 0.323 e. The lowest BCUT2D eigenvalue weighted by molar-refractivity contribution is 0.312. The number of nitrogens with two attached hydrogens (primary N) is 1. The fourth-order valence-corrected chi connectivity index (χ4v) is 1.70. The van der Waals surface area contributed by atoms with Crippen LogP contribution in [0, 0.1) is 5.82 Å². The number of anilines is 2. The lowest BCUT2D eigenvalue weighted by Gasteiger charge is -2.08. The van der Waals surface area contributed by atoms with Crippen LogP contribution in [0.3, 0.4) is 0 Å². The lowest BCUT2D eigenvalue weighted by atomic mass is 10.1. The molecule has 0 atom stereocenters. The average molecular weight is 292 g/mol. The van der Waals surface area contributed by atoms with Gasteiger partial charge in [-0.05, 0) is 25.0 Å². The predicted molar refractivity (Wildman–Crippen MR) is 77.4 cm³/mol. The van der Waals surface area contributed by atoms with Crippen molar-refractivity contribution < 1.29 is 9.13 Å². The highest BCUT2D eigenvalue weighted by Crippen LogP contribution is 2.11. The molecule has 0 radical (unpaired) electrons. The quantitative estimate of drug-likeness (QED) is 0.523. The Balaban J connectivity index is 1.99. The first-order valence-electron chi connectivity index (χ1n) is 6.55. The predicted octanol–water partition coefficient (Wildman–Crippen LogP) is 1.35. The van der Waals surface area contributed by atoms with Crippen molar-refractivity contribution in [3.8, 4) is 6.01 Å². The molecule has 21 heavy (non-hydrogen) atoms. The summed E-state index contributed by atoms with van der Waals surface area (Å²) in [5.74, 6) is 5.57. The van der Waals surface area contributed by atoms with Crippen LogP contribution in [0.2, 0.25) is 0 Å². The number of benzene rings is 1. The minimum Gasteiger partial charge on any atom is -0.464 e.